The summed E-state index contributed by atoms with van der Waals surface area (Å²) >= 11 is 0. The van der Waals surface area contributed by atoms with Gasteiger partial charge in [0.2, 0.25) is 0 Å². The van der Waals surface area contributed by atoms with Gasteiger partial charge in [-0.05, 0) is 45.2 Å². The fraction of sp³-hybridized carbons (Fsp3) is 1.00. The molecule has 1 N–H and O–H groups in total. The molecule has 18 heavy (non-hydrogen) atoms. The van der Waals surface area contributed by atoms with Gasteiger partial charge in [0.15, 0.2) is 0 Å². The Balaban J connectivity index is 2.33. The van der Waals surface area contributed by atoms with E-state index in [1.807, 2.05) is 0 Å². The molecule has 0 radical (unpaired) electrons. The third-order valence-corrected chi connectivity index (χ3v) is 3.73. The number of rotatable bonds is 8. The molecule has 1 saturated heterocycles. The first-order valence-electron chi connectivity index (χ1n) is 7.73. The van der Waals surface area contributed by atoms with E-state index < -0.39 is 0 Å². The van der Waals surface area contributed by atoms with Crippen molar-refractivity contribution in [2.45, 2.75) is 59.1 Å². The number of nitrogens with one attached hydrogen (secondary N) is 1. The van der Waals surface area contributed by atoms with Gasteiger partial charge >= 0.3 is 0 Å². The van der Waals surface area contributed by atoms with Crippen molar-refractivity contribution in [3.05, 3.63) is 0 Å². The summed E-state index contributed by atoms with van der Waals surface area (Å²) in [6.07, 6.45) is 4.21. The molecule has 0 bridgehead atoms. The SMILES string of the molecule is CCOC1CCCN(C(CC)CNCC(C)C)C1. The van der Waals surface area contributed by atoms with Crippen LogP contribution in [0.15, 0.2) is 0 Å². The quantitative estimate of drug-likeness (QED) is 0.722. The van der Waals surface area contributed by atoms with E-state index in [-0.39, 0.29) is 0 Å². The average Bonchev–Trinajstić information content (AvgIpc) is 2.35. The minimum absolute atomic E-state index is 0.461. The number of likely N-dealkylation sites (tertiary alicyclic amines) is 1. The van der Waals surface area contributed by atoms with Crippen LogP contribution in [0.2, 0.25) is 0 Å². The molecule has 3 nitrogen and oxygen atoms in total. The molecule has 0 aromatic carbocycles. The molecular formula is C15H32N2O. The molecule has 0 aromatic rings. The van der Waals surface area contributed by atoms with Crippen LogP contribution >= 0.6 is 0 Å². The number of hydrogen-bond donors (Lipinski definition) is 1. The summed E-state index contributed by atoms with van der Waals surface area (Å²) in [5, 5.41) is 3.60. The molecule has 1 fully saturated rings. The topological polar surface area (TPSA) is 24.5 Å². The van der Waals surface area contributed by atoms with Crippen LogP contribution in [0.25, 0.3) is 0 Å². The lowest BCUT2D eigenvalue weighted by atomic mass is 10.0. The van der Waals surface area contributed by atoms with E-state index >= 15 is 0 Å². The van der Waals surface area contributed by atoms with Gasteiger partial charge in [-0.25, -0.2) is 0 Å². The minimum Gasteiger partial charge on any atom is -0.377 e. The maximum Gasteiger partial charge on any atom is 0.0702 e. The first kappa shape index (κ1) is 15.9. The standard InChI is InChI=1S/C15H32N2O/c1-5-14(11-16-10-13(3)4)17-9-7-8-15(12-17)18-6-2/h13-16H,5-12H2,1-4H3. The molecule has 2 atom stereocenters. The Hall–Kier alpha value is -0.120. The van der Waals surface area contributed by atoms with E-state index in [1.165, 1.54) is 25.8 Å². The van der Waals surface area contributed by atoms with E-state index in [0.717, 1.165) is 32.2 Å². The summed E-state index contributed by atoms with van der Waals surface area (Å²) in [5.41, 5.74) is 0. The highest BCUT2D eigenvalue weighted by atomic mass is 16.5. The fourth-order valence-electron chi connectivity index (χ4n) is 2.74. The van der Waals surface area contributed by atoms with Crippen LogP contribution in [0.4, 0.5) is 0 Å². The zero-order valence-electron chi connectivity index (χ0n) is 12.7. The summed E-state index contributed by atoms with van der Waals surface area (Å²) in [6.45, 7) is 14.4. The second-order valence-electron chi connectivity index (χ2n) is 5.83. The largest absolute Gasteiger partial charge is 0.377 e. The zero-order chi connectivity index (χ0) is 13.4. The van der Waals surface area contributed by atoms with Gasteiger partial charge in [-0.3, -0.25) is 4.90 Å². The van der Waals surface area contributed by atoms with Crippen LogP contribution < -0.4 is 5.32 Å². The van der Waals surface area contributed by atoms with E-state index in [1.54, 1.807) is 0 Å². The van der Waals surface area contributed by atoms with Crippen molar-refractivity contribution >= 4 is 0 Å². The predicted molar refractivity (Wildman–Crippen MR) is 78.0 cm³/mol. The van der Waals surface area contributed by atoms with Crippen molar-refractivity contribution in [1.82, 2.24) is 10.2 Å². The Morgan fingerprint density at radius 1 is 1.28 bits per heavy atom. The monoisotopic (exact) mass is 256 g/mol. The van der Waals surface area contributed by atoms with Crippen molar-refractivity contribution < 1.29 is 4.74 Å². The summed E-state index contributed by atoms with van der Waals surface area (Å²) in [4.78, 5) is 2.62. The van der Waals surface area contributed by atoms with Crippen LogP contribution in [0.5, 0.6) is 0 Å². The lowest BCUT2D eigenvalue weighted by Crippen LogP contribution is -2.49. The molecule has 0 aromatic heterocycles. The lowest BCUT2D eigenvalue weighted by molar-refractivity contribution is -0.00775. The molecule has 0 saturated carbocycles. The molecule has 0 amide bonds. The lowest BCUT2D eigenvalue weighted by Gasteiger charge is -2.38. The number of ether oxygens (including phenoxy) is 1. The summed E-state index contributed by atoms with van der Waals surface area (Å²) in [5.74, 6) is 0.736. The highest BCUT2D eigenvalue weighted by Crippen LogP contribution is 2.17. The number of nitrogens with zero attached hydrogens (tertiary/aromatic N) is 1. The summed E-state index contributed by atoms with van der Waals surface area (Å²) in [7, 11) is 0. The van der Waals surface area contributed by atoms with Crippen LogP contribution in [0.3, 0.4) is 0 Å². The Kier molecular flexibility index (Phi) is 7.87. The van der Waals surface area contributed by atoms with Gasteiger partial charge in [-0.15, -0.1) is 0 Å². The molecule has 1 aliphatic rings. The smallest absolute Gasteiger partial charge is 0.0702 e. The first-order valence-corrected chi connectivity index (χ1v) is 7.73. The Labute approximate surface area is 113 Å². The molecule has 0 spiro atoms. The van der Waals surface area contributed by atoms with E-state index in [9.17, 15) is 0 Å². The predicted octanol–water partition coefficient (Wildman–Crippen LogP) is 2.51. The third-order valence-electron chi connectivity index (χ3n) is 3.73. The van der Waals surface area contributed by atoms with E-state index in [2.05, 4.69) is 37.9 Å². The van der Waals surface area contributed by atoms with Gasteiger partial charge in [0.1, 0.15) is 0 Å². The first-order chi connectivity index (χ1) is 8.67. The normalized spacial score (nSPS) is 23.5. The molecule has 108 valence electrons. The van der Waals surface area contributed by atoms with Crippen molar-refractivity contribution in [3.8, 4) is 0 Å². The fourth-order valence-corrected chi connectivity index (χ4v) is 2.74. The van der Waals surface area contributed by atoms with Crippen molar-refractivity contribution in [3.63, 3.8) is 0 Å². The van der Waals surface area contributed by atoms with Crippen LogP contribution in [0.1, 0.15) is 47.0 Å². The number of hydrogen-bond acceptors (Lipinski definition) is 3. The zero-order valence-corrected chi connectivity index (χ0v) is 12.7. The van der Waals surface area contributed by atoms with Gasteiger partial charge < -0.3 is 10.1 Å². The molecule has 1 heterocycles. The van der Waals surface area contributed by atoms with Crippen LogP contribution in [-0.4, -0.2) is 49.8 Å². The minimum atomic E-state index is 0.461. The van der Waals surface area contributed by atoms with Crippen LogP contribution in [0, 0.1) is 5.92 Å². The highest BCUT2D eigenvalue weighted by Gasteiger charge is 2.24. The Morgan fingerprint density at radius 3 is 2.67 bits per heavy atom. The van der Waals surface area contributed by atoms with Crippen molar-refractivity contribution in [2.24, 2.45) is 5.92 Å². The molecule has 1 aliphatic heterocycles. The molecule has 3 heteroatoms. The van der Waals surface area contributed by atoms with Gasteiger partial charge in [0, 0.05) is 25.7 Å². The third kappa shape index (κ3) is 5.68. The summed E-state index contributed by atoms with van der Waals surface area (Å²) in [6, 6.07) is 0.673. The maximum atomic E-state index is 5.79. The second-order valence-corrected chi connectivity index (χ2v) is 5.83. The van der Waals surface area contributed by atoms with Gasteiger partial charge in [0.05, 0.1) is 6.10 Å². The Morgan fingerprint density at radius 2 is 2.06 bits per heavy atom. The number of piperidine rings is 1. The summed E-state index contributed by atoms with van der Waals surface area (Å²) < 4.78 is 5.79. The molecule has 2 unspecified atom stereocenters. The van der Waals surface area contributed by atoms with Gasteiger partial charge in [-0.2, -0.15) is 0 Å². The van der Waals surface area contributed by atoms with E-state index in [4.69, 9.17) is 4.74 Å². The van der Waals surface area contributed by atoms with Gasteiger partial charge in [-0.1, -0.05) is 20.8 Å². The van der Waals surface area contributed by atoms with E-state index in [0.29, 0.717) is 12.1 Å². The molecule has 1 rings (SSSR count). The van der Waals surface area contributed by atoms with Crippen molar-refractivity contribution in [2.75, 3.05) is 32.8 Å². The van der Waals surface area contributed by atoms with Gasteiger partial charge in [0.25, 0.3) is 0 Å². The molecular weight excluding hydrogens is 224 g/mol. The second kappa shape index (κ2) is 8.89. The highest BCUT2D eigenvalue weighted by molar-refractivity contribution is 4.80. The van der Waals surface area contributed by atoms with Crippen molar-refractivity contribution in [1.29, 1.82) is 0 Å². The van der Waals surface area contributed by atoms with Crippen LogP contribution in [-0.2, 0) is 4.74 Å². The molecule has 0 aliphatic carbocycles. The average molecular weight is 256 g/mol. The Bertz CT molecular complexity index is 207. The maximum absolute atomic E-state index is 5.79.